The third-order valence-electron chi connectivity index (χ3n) is 7.12. The minimum absolute atomic E-state index is 0.0539. The second kappa shape index (κ2) is 11.6. The monoisotopic (exact) mass is 595 g/mol. The fourth-order valence-corrected chi connectivity index (χ4v) is 7.21. The number of hydrogen-bond donors (Lipinski definition) is 0. The topological polar surface area (TPSA) is 94.4 Å². The first kappa shape index (κ1) is 28.2. The molecule has 1 aliphatic heterocycles. The predicted molar refractivity (Wildman–Crippen MR) is 166 cm³/mol. The van der Waals surface area contributed by atoms with E-state index in [0.717, 1.165) is 47.2 Å². The van der Waals surface area contributed by atoms with Gasteiger partial charge in [0.15, 0.2) is 0 Å². The van der Waals surface area contributed by atoms with Crippen molar-refractivity contribution in [2.75, 3.05) is 47.6 Å². The van der Waals surface area contributed by atoms with Crippen LogP contribution in [0.4, 0.5) is 37.9 Å². The number of aromatic nitrogens is 2. The minimum Gasteiger partial charge on any atom is -0.363 e. The van der Waals surface area contributed by atoms with Crippen molar-refractivity contribution in [2.45, 2.75) is 38.8 Å². The van der Waals surface area contributed by atoms with Crippen molar-refractivity contribution in [3.05, 3.63) is 59.7 Å². The largest absolute Gasteiger partial charge is 0.363 e. The molecule has 5 rings (SSSR count). The zero-order valence-corrected chi connectivity index (χ0v) is 25.8. The van der Waals surface area contributed by atoms with Gasteiger partial charge in [-0.1, -0.05) is 6.92 Å². The number of sulfone groups is 1. The van der Waals surface area contributed by atoms with Crippen LogP contribution in [0.3, 0.4) is 0 Å². The first-order chi connectivity index (χ1) is 19.2. The molecule has 0 bridgehead atoms. The Bertz CT molecular complexity index is 1640. The van der Waals surface area contributed by atoms with E-state index < -0.39 is 9.84 Å². The third-order valence-corrected chi connectivity index (χ3v) is 10.6. The molecule has 4 aromatic rings. The van der Waals surface area contributed by atoms with Crippen molar-refractivity contribution >= 4 is 70.6 Å². The van der Waals surface area contributed by atoms with Crippen LogP contribution in [0.5, 0.6) is 0 Å². The molecule has 1 saturated heterocycles. The van der Waals surface area contributed by atoms with Crippen LogP contribution in [0, 0.1) is 13.8 Å². The van der Waals surface area contributed by atoms with Crippen LogP contribution < -0.4 is 14.7 Å². The number of anilines is 5. The summed E-state index contributed by atoms with van der Waals surface area (Å²) in [5.41, 5.74) is 6.11. The Labute approximate surface area is 243 Å². The van der Waals surface area contributed by atoms with Gasteiger partial charge < -0.3 is 14.7 Å². The molecule has 210 valence electrons. The van der Waals surface area contributed by atoms with E-state index in [1.165, 1.54) is 28.4 Å². The van der Waals surface area contributed by atoms with Crippen molar-refractivity contribution in [3.63, 3.8) is 0 Å². The maximum atomic E-state index is 11.9. The van der Waals surface area contributed by atoms with Crippen molar-refractivity contribution in [3.8, 4) is 0 Å². The van der Waals surface area contributed by atoms with Crippen LogP contribution in [0.1, 0.15) is 30.9 Å². The second-order valence-electron chi connectivity index (χ2n) is 9.83. The van der Waals surface area contributed by atoms with Gasteiger partial charge in [-0.3, -0.25) is 0 Å². The molecule has 9 nitrogen and oxygen atoms in total. The lowest BCUT2D eigenvalue weighted by molar-refractivity contribution is 0.590. The van der Waals surface area contributed by atoms with Crippen LogP contribution in [0.2, 0.25) is 0 Å². The number of benzene rings is 2. The van der Waals surface area contributed by atoms with Gasteiger partial charge in [-0.25, -0.2) is 8.42 Å². The summed E-state index contributed by atoms with van der Waals surface area (Å²) >= 11 is 2.76. The van der Waals surface area contributed by atoms with Gasteiger partial charge in [0.2, 0.25) is 15.0 Å². The van der Waals surface area contributed by atoms with Gasteiger partial charge in [-0.2, -0.15) is 9.36 Å². The molecular weight excluding hydrogens is 563 g/mol. The Balaban J connectivity index is 1.29. The maximum Gasteiger partial charge on any atom is 0.260 e. The van der Waals surface area contributed by atoms with Crippen LogP contribution in [0.15, 0.2) is 63.9 Å². The van der Waals surface area contributed by atoms with Crippen molar-refractivity contribution in [1.82, 2.24) is 9.36 Å². The van der Waals surface area contributed by atoms with E-state index in [0.29, 0.717) is 5.69 Å². The molecule has 0 aliphatic carbocycles. The Morgan fingerprint density at radius 3 is 2.33 bits per heavy atom. The molecule has 2 aromatic carbocycles. The van der Waals surface area contributed by atoms with Crippen molar-refractivity contribution in [1.29, 1.82) is 0 Å². The summed E-state index contributed by atoms with van der Waals surface area (Å²) in [6.45, 7) is 7.98. The van der Waals surface area contributed by atoms with Crippen LogP contribution in [0.25, 0.3) is 0 Å². The summed E-state index contributed by atoms with van der Waals surface area (Å²) in [6, 6.07) is 17.0. The Morgan fingerprint density at radius 1 is 0.925 bits per heavy atom. The van der Waals surface area contributed by atoms with Gasteiger partial charge in [-0.15, -0.1) is 21.6 Å². The van der Waals surface area contributed by atoms with E-state index in [-0.39, 0.29) is 16.0 Å². The molecule has 3 heterocycles. The van der Waals surface area contributed by atoms with E-state index in [1.807, 2.05) is 30.4 Å². The van der Waals surface area contributed by atoms with E-state index in [9.17, 15) is 8.42 Å². The van der Waals surface area contributed by atoms with Gasteiger partial charge in [0, 0.05) is 55.8 Å². The van der Waals surface area contributed by atoms with Gasteiger partial charge >= 0.3 is 0 Å². The SMILES string of the molecule is CCS(=O)(=O)c1nsc(/N=N/c2ccc(N(C)c3ccc(N(C)c4ccc(N5CCCC5)s4)cc3C)cc2C)n1. The van der Waals surface area contributed by atoms with Gasteiger partial charge in [0.05, 0.1) is 21.4 Å². The lowest BCUT2D eigenvalue weighted by Gasteiger charge is -2.25. The summed E-state index contributed by atoms with van der Waals surface area (Å²) in [6.07, 6.45) is 2.56. The molecule has 1 aliphatic rings. The molecule has 0 radical (unpaired) electrons. The van der Waals surface area contributed by atoms with Crippen LogP contribution in [-0.4, -0.2) is 50.7 Å². The smallest absolute Gasteiger partial charge is 0.260 e. The standard InChI is InChI=1S/C28H33N7O2S3/c1-6-40(36,37)28-29-27(39-32-28)31-30-23-11-9-21(17-19(23)2)33(4)24-12-10-22(18-20(24)3)34(5)25-13-14-26(38-25)35-15-7-8-16-35/h9-14,17-18H,6-8,15-16H2,1-5H3/b31-30+. The summed E-state index contributed by atoms with van der Waals surface area (Å²) < 4.78 is 27.8. The second-order valence-corrected chi connectivity index (χ2v) is 13.8. The number of hydrogen-bond acceptors (Lipinski definition) is 11. The lowest BCUT2D eigenvalue weighted by atomic mass is 10.1. The van der Waals surface area contributed by atoms with Gasteiger partial charge in [0.25, 0.3) is 5.16 Å². The number of nitrogens with zero attached hydrogens (tertiary/aromatic N) is 7. The molecular formula is C28H33N7O2S3. The highest BCUT2D eigenvalue weighted by Gasteiger charge is 2.19. The Hall–Kier alpha value is -3.35. The van der Waals surface area contributed by atoms with Crippen LogP contribution in [-0.2, 0) is 9.84 Å². The summed E-state index contributed by atoms with van der Waals surface area (Å²) in [4.78, 5) is 10.9. The summed E-state index contributed by atoms with van der Waals surface area (Å²) in [5, 5.41) is 11.0. The lowest BCUT2D eigenvalue weighted by Crippen LogP contribution is -2.15. The number of azo groups is 1. The van der Waals surface area contributed by atoms with Crippen molar-refractivity contribution in [2.24, 2.45) is 10.2 Å². The molecule has 0 N–H and O–H groups in total. The quantitative estimate of drug-likeness (QED) is 0.184. The highest BCUT2D eigenvalue weighted by atomic mass is 32.2. The van der Waals surface area contributed by atoms with Gasteiger partial charge in [0.1, 0.15) is 0 Å². The van der Waals surface area contributed by atoms with E-state index in [4.69, 9.17) is 0 Å². The Kier molecular flexibility index (Phi) is 8.20. The average Bonchev–Trinajstić information content (AvgIpc) is 3.73. The molecule has 0 unspecified atom stereocenters. The summed E-state index contributed by atoms with van der Waals surface area (Å²) in [5.74, 6) is -0.0539. The molecule has 12 heteroatoms. The minimum atomic E-state index is -3.46. The average molecular weight is 596 g/mol. The maximum absolute atomic E-state index is 11.9. The first-order valence-corrected chi connectivity index (χ1v) is 16.4. The zero-order chi connectivity index (χ0) is 28.4. The molecule has 1 fully saturated rings. The third kappa shape index (κ3) is 5.89. The zero-order valence-electron chi connectivity index (χ0n) is 23.3. The number of rotatable bonds is 9. The highest BCUT2D eigenvalue weighted by Crippen LogP contribution is 2.39. The van der Waals surface area contributed by atoms with E-state index >= 15 is 0 Å². The highest BCUT2D eigenvalue weighted by molar-refractivity contribution is 7.91. The van der Waals surface area contributed by atoms with Crippen LogP contribution >= 0.6 is 22.9 Å². The molecule has 0 saturated carbocycles. The normalized spacial score (nSPS) is 13.9. The predicted octanol–water partition coefficient (Wildman–Crippen LogP) is 7.56. The fourth-order valence-electron chi connectivity index (χ4n) is 4.65. The first-order valence-electron chi connectivity index (χ1n) is 13.2. The molecule has 0 amide bonds. The van der Waals surface area contributed by atoms with Gasteiger partial charge in [-0.05, 0) is 86.3 Å². The summed E-state index contributed by atoms with van der Waals surface area (Å²) in [7, 11) is 0.720. The molecule has 0 spiro atoms. The number of thiophene rings is 1. The van der Waals surface area contributed by atoms with Crippen molar-refractivity contribution < 1.29 is 8.42 Å². The Morgan fingerprint density at radius 2 is 1.62 bits per heavy atom. The van der Waals surface area contributed by atoms with E-state index in [2.05, 4.69) is 91.7 Å². The molecule has 0 atom stereocenters. The molecule has 40 heavy (non-hydrogen) atoms. The number of aryl methyl sites for hydroxylation is 2. The van der Waals surface area contributed by atoms with E-state index in [1.54, 1.807) is 6.92 Å². The fraction of sp³-hybridized carbons (Fsp3) is 0.357. The molecule has 2 aromatic heterocycles.